The number of likely N-dealkylation sites (tertiary alicyclic amines) is 1. The number of aromatic nitrogens is 1. The Kier molecular flexibility index (Phi) is 7.70. The van der Waals surface area contributed by atoms with E-state index in [4.69, 9.17) is 4.74 Å². The largest absolute Gasteiger partial charge is 0.487 e. The molecule has 0 radical (unpaired) electrons. The third-order valence-electron chi connectivity index (χ3n) is 5.46. The molecular weight excluding hydrogens is 374 g/mol. The molecule has 2 aromatic rings. The van der Waals surface area contributed by atoms with E-state index in [1.165, 1.54) is 18.4 Å². The van der Waals surface area contributed by atoms with Crippen LogP contribution in [0.15, 0.2) is 30.5 Å². The number of ether oxygens (including phenoxy) is 1. The maximum Gasteiger partial charge on any atom is 0.220 e. The van der Waals surface area contributed by atoms with Crippen molar-refractivity contribution in [2.45, 2.75) is 77.9 Å². The monoisotopic (exact) mass is 411 g/mol. The van der Waals surface area contributed by atoms with Crippen molar-refractivity contribution < 1.29 is 9.53 Å². The summed E-state index contributed by atoms with van der Waals surface area (Å²) in [4.78, 5) is 19.0. The number of aryl methyl sites for hydroxylation is 1. The number of hydrogen-bond donors (Lipinski definition) is 1. The molecular formula is C25H37N3O2. The summed E-state index contributed by atoms with van der Waals surface area (Å²) in [7, 11) is 0. The number of carbonyl (C=O) groups is 1. The number of fused-ring (bicyclic) bond motifs is 1. The first-order chi connectivity index (χ1) is 14.3. The highest BCUT2D eigenvalue weighted by atomic mass is 16.5. The van der Waals surface area contributed by atoms with E-state index in [0.717, 1.165) is 55.5 Å². The van der Waals surface area contributed by atoms with Crippen LogP contribution in [-0.2, 0) is 11.2 Å². The zero-order valence-corrected chi connectivity index (χ0v) is 19.0. The highest BCUT2D eigenvalue weighted by Gasteiger charge is 2.25. The molecule has 5 nitrogen and oxygen atoms in total. The summed E-state index contributed by atoms with van der Waals surface area (Å²) in [6.07, 6.45) is 7.94. The minimum atomic E-state index is -0.161. The van der Waals surface area contributed by atoms with Gasteiger partial charge in [0.2, 0.25) is 5.91 Å². The smallest absolute Gasteiger partial charge is 0.220 e. The van der Waals surface area contributed by atoms with E-state index in [2.05, 4.69) is 40.3 Å². The molecule has 1 atom stereocenters. The molecule has 1 fully saturated rings. The second-order valence-corrected chi connectivity index (χ2v) is 9.50. The van der Waals surface area contributed by atoms with Crippen LogP contribution in [-0.4, -0.2) is 47.1 Å². The number of unbranched alkanes of at least 4 members (excludes halogenated alkanes) is 1. The molecule has 5 heteroatoms. The number of nitrogens with one attached hydrogen (secondary N) is 1. The molecule has 1 N–H and O–H groups in total. The normalized spacial score (nSPS) is 17.4. The lowest BCUT2D eigenvalue weighted by molar-refractivity contribution is -0.122. The molecule has 1 aromatic carbocycles. The van der Waals surface area contributed by atoms with Gasteiger partial charge in [-0.05, 0) is 76.8 Å². The Morgan fingerprint density at radius 1 is 1.30 bits per heavy atom. The van der Waals surface area contributed by atoms with Crippen molar-refractivity contribution >= 4 is 16.8 Å². The van der Waals surface area contributed by atoms with Gasteiger partial charge in [0, 0.05) is 36.6 Å². The van der Waals surface area contributed by atoms with Gasteiger partial charge in [0.25, 0.3) is 0 Å². The van der Waals surface area contributed by atoms with Gasteiger partial charge in [-0.1, -0.05) is 19.4 Å². The Hall–Kier alpha value is -2.14. The molecule has 1 saturated heterocycles. The lowest BCUT2D eigenvalue weighted by Crippen LogP contribution is -2.40. The number of carbonyl (C=O) groups excluding carboxylic acids is 1. The lowest BCUT2D eigenvalue weighted by Gasteiger charge is -2.21. The van der Waals surface area contributed by atoms with Crippen molar-refractivity contribution in [3.8, 4) is 5.75 Å². The first-order valence-electron chi connectivity index (χ1n) is 11.4. The minimum absolute atomic E-state index is 0.135. The molecule has 1 aliphatic heterocycles. The zero-order chi connectivity index (χ0) is 21.6. The number of amides is 1. The van der Waals surface area contributed by atoms with Crippen LogP contribution >= 0.6 is 0 Å². The molecule has 0 spiro atoms. The van der Waals surface area contributed by atoms with Crippen molar-refractivity contribution in [3.63, 3.8) is 0 Å². The Labute approximate surface area is 181 Å². The Morgan fingerprint density at radius 2 is 2.13 bits per heavy atom. The van der Waals surface area contributed by atoms with Crippen molar-refractivity contribution in [2.24, 2.45) is 0 Å². The molecule has 1 aromatic heterocycles. The first-order valence-corrected chi connectivity index (χ1v) is 11.4. The van der Waals surface area contributed by atoms with E-state index in [1.807, 2.05) is 33.0 Å². The molecule has 0 bridgehead atoms. The van der Waals surface area contributed by atoms with Crippen LogP contribution in [0.4, 0.5) is 0 Å². The van der Waals surface area contributed by atoms with E-state index in [-0.39, 0.29) is 17.6 Å². The van der Waals surface area contributed by atoms with Gasteiger partial charge in [0.15, 0.2) is 0 Å². The van der Waals surface area contributed by atoms with Gasteiger partial charge in [-0.15, -0.1) is 0 Å². The van der Waals surface area contributed by atoms with Crippen LogP contribution in [0.5, 0.6) is 5.75 Å². The van der Waals surface area contributed by atoms with Crippen LogP contribution in [0.2, 0.25) is 0 Å². The van der Waals surface area contributed by atoms with Crippen LogP contribution in [0.1, 0.15) is 65.4 Å². The lowest BCUT2D eigenvalue weighted by atomic mass is 10.0. The highest BCUT2D eigenvalue weighted by molar-refractivity contribution is 5.85. The van der Waals surface area contributed by atoms with Gasteiger partial charge in [-0.3, -0.25) is 14.7 Å². The SMILES string of the molecule is CCCCc1cc(O[C@H]2CCN(CCCC(=O)NC(C)(C)C)C2)c2ncccc2c1. The average Bonchev–Trinajstić information content (AvgIpc) is 3.12. The molecule has 164 valence electrons. The Bertz CT molecular complexity index is 844. The third kappa shape index (κ3) is 6.69. The second kappa shape index (κ2) is 10.3. The summed E-state index contributed by atoms with van der Waals surface area (Å²) in [5, 5.41) is 4.19. The Morgan fingerprint density at radius 3 is 2.90 bits per heavy atom. The second-order valence-electron chi connectivity index (χ2n) is 9.50. The summed E-state index contributed by atoms with van der Waals surface area (Å²) in [6, 6.07) is 8.54. The van der Waals surface area contributed by atoms with Gasteiger partial charge in [-0.2, -0.15) is 0 Å². The van der Waals surface area contributed by atoms with E-state index in [0.29, 0.717) is 6.42 Å². The fourth-order valence-electron chi connectivity index (χ4n) is 4.05. The fourth-order valence-corrected chi connectivity index (χ4v) is 4.05. The summed E-state index contributed by atoms with van der Waals surface area (Å²) in [5.41, 5.74) is 2.12. The summed E-state index contributed by atoms with van der Waals surface area (Å²) >= 11 is 0. The summed E-state index contributed by atoms with van der Waals surface area (Å²) in [6.45, 7) is 11.1. The number of nitrogens with zero attached hydrogens (tertiary/aromatic N) is 2. The standard InChI is InChI=1S/C25H37N3O2/c1-5-6-9-19-16-20-10-7-13-26-24(20)22(17-19)30-21-12-15-28(18-21)14-8-11-23(29)27-25(2,3)4/h7,10,13,16-17,21H,5-6,8-9,11-12,14-15,18H2,1-4H3,(H,27,29)/t21-/m0/s1. The maximum absolute atomic E-state index is 12.0. The predicted octanol–water partition coefficient (Wildman–Crippen LogP) is 4.73. The number of rotatable bonds is 9. The van der Waals surface area contributed by atoms with E-state index in [9.17, 15) is 4.79 Å². The minimum Gasteiger partial charge on any atom is -0.487 e. The molecule has 2 heterocycles. The van der Waals surface area contributed by atoms with Gasteiger partial charge in [0.1, 0.15) is 17.4 Å². The zero-order valence-electron chi connectivity index (χ0n) is 19.0. The molecule has 0 saturated carbocycles. The fraction of sp³-hybridized carbons (Fsp3) is 0.600. The molecule has 0 aliphatic carbocycles. The third-order valence-corrected chi connectivity index (χ3v) is 5.46. The topological polar surface area (TPSA) is 54.5 Å². The maximum atomic E-state index is 12.0. The van der Waals surface area contributed by atoms with Gasteiger partial charge in [0.05, 0.1) is 0 Å². The molecule has 1 amide bonds. The average molecular weight is 412 g/mol. The van der Waals surface area contributed by atoms with Crippen LogP contribution in [0, 0.1) is 0 Å². The van der Waals surface area contributed by atoms with Gasteiger partial charge in [-0.25, -0.2) is 0 Å². The van der Waals surface area contributed by atoms with Crippen LogP contribution in [0.3, 0.4) is 0 Å². The molecule has 1 aliphatic rings. The highest BCUT2D eigenvalue weighted by Crippen LogP contribution is 2.29. The molecule has 3 rings (SSSR count). The predicted molar refractivity (Wildman–Crippen MR) is 123 cm³/mol. The number of benzene rings is 1. The van der Waals surface area contributed by atoms with Crippen molar-refractivity contribution in [2.75, 3.05) is 19.6 Å². The van der Waals surface area contributed by atoms with Crippen LogP contribution < -0.4 is 10.1 Å². The van der Waals surface area contributed by atoms with E-state index < -0.39 is 0 Å². The summed E-state index contributed by atoms with van der Waals surface area (Å²) < 4.78 is 6.45. The number of hydrogen-bond acceptors (Lipinski definition) is 4. The Balaban J connectivity index is 1.55. The van der Waals surface area contributed by atoms with E-state index in [1.54, 1.807) is 0 Å². The van der Waals surface area contributed by atoms with Crippen molar-refractivity contribution in [1.82, 2.24) is 15.2 Å². The van der Waals surface area contributed by atoms with Crippen LogP contribution in [0.25, 0.3) is 10.9 Å². The van der Waals surface area contributed by atoms with Crippen molar-refractivity contribution in [3.05, 3.63) is 36.0 Å². The van der Waals surface area contributed by atoms with E-state index >= 15 is 0 Å². The number of pyridine rings is 1. The quantitative estimate of drug-likeness (QED) is 0.648. The molecule has 30 heavy (non-hydrogen) atoms. The first kappa shape index (κ1) is 22.5. The summed E-state index contributed by atoms with van der Waals surface area (Å²) in [5.74, 6) is 1.05. The van der Waals surface area contributed by atoms with Crippen molar-refractivity contribution in [1.29, 1.82) is 0 Å². The van der Waals surface area contributed by atoms with Gasteiger partial charge < -0.3 is 10.1 Å². The molecule has 0 unspecified atom stereocenters. The van der Waals surface area contributed by atoms with Gasteiger partial charge >= 0.3 is 0 Å².